The zero-order valence-corrected chi connectivity index (χ0v) is 11.3. The van der Waals surface area contributed by atoms with Crippen LogP contribution < -0.4 is 0 Å². The molecule has 0 aromatic heterocycles. The first-order chi connectivity index (χ1) is 9.14. The number of nitrogens with zero attached hydrogens (tertiary/aromatic N) is 1. The lowest BCUT2D eigenvalue weighted by atomic mass is 10.1. The number of benzene rings is 2. The summed E-state index contributed by atoms with van der Waals surface area (Å²) >= 11 is 0. The van der Waals surface area contributed by atoms with E-state index >= 15 is 0 Å². The lowest BCUT2D eigenvalue weighted by Gasteiger charge is -2.08. The lowest BCUT2D eigenvalue weighted by Crippen LogP contribution is -2.03. The van der Waals surface area contributed by atoms with Crippen LogP contribution in [0.15, 0.2) is 45.2 Å². The minimum atomic E-state index is -4.64. The van der Waals surface area contributed by atoms with E-state index < -0.39 is 30.0 Å². The van der Waals surface area contributed by atoms with Crippen LogP contribution in [-0.4, -0.2) is 25.9 Å². The van der Waals surface area contributed by atoms with Gasteiger partial charge in [-0.3, -0.25) is 9.11 Å². The Hall–Kier alpha value is -1.88. The number of hydrogen-bond acceptors (Lipinski definition) is 6. The molecule has 10 heteroatoms. The predicted molar refractivity (Wildman–Crippen MR) is 68.4 cm³/mol. The summed E-state index contributed by atoms with van der Waals surface area (Å²) < 4.78 is 63.5. The van der Waals surface area contributed by atoms with Crippen molar-refractivity contribution in [1.82, 2.24) is 0 Å². The van der Waals surface area contributed by atoms with Gasteiger partial charge in [0.25, 0.3) is 20.2 Å². The van der Waals surface area contributed by atoms with Gasteiger partial charge in [-0.25, -0.2) is 5.53 Å². The Morgan fingerprint density at radius 1 is 0.900 bits per heavy atom. The summed E-state index contributed by atoms with van der Waals surface area (Å²) in [5.41, 5.74) is 6.70. The Labute approximate surface area is 114 Å². The fourth-order valence-corrected chi connectivity index (χ4v) is 3.24. The number of nitrogens with one attached hydrogen (secondary N) is 1. The van der Waals surface area contributed by atoms with Crippen molar-refractivity contribution in [3.8, 4) is 0 Å². The monoisotopic (exact) mass is 316 g/mol. The summed E-state index contributed by atoms with van der Waals surface area (Å²) in [4.78, 5) is -1.13. The summed E-state index contributed by atoms with van der Waals surface area (Å²) in [5, 5.41) is 2.76. The fraction of sp³-hybridized carbons (Fsp3) is 0. The second-order valence-electron chi connectivity index (χ2n) is 3.86. The van der Waals surface area contributed by atoms with Crippen LogP contribution in [0, 0.1) is 5.53 Å². The molecule has 106 valence electrons. The molecule has 0 bridgehead atoms. The minimum absolute atomic E-state index is 0.102. The second kappa shape index (κ2) is 4.59. The molecule has 0 unspecified atom stereocenters. The molecule has 0 aliphatic heterocycles. The van der Waals surface area contributed by atoms with Crippen LogP contribution in [0.2, 0.25) is 0 Å². The third-order valence-electron chi connectivity index (χ3n) is 2.59. The maximum Gasteiger partial charge on any atom is 0.295 e. The zero-order chi connectivity index (χ0) is 15.1. The van der Waals surface area contributed by atoms with Gasteiger partial charge in [0, 0.05) is 10.8 Å². The number of fused-ring (bicyclic) bond motifs is 1. The summed E-state index contributed by atoms with van der Waals surface area (Å²) in [5.74, 6) is 0. The first-order valence-corrected chi connectivity index (χ1v) is 7.92. The average Bonchev–Trinajstić information content (AvgIpc) is 2.34. The van der Waals surface area contributed by atoms with Crippen molar-refractivity contribution < 1.29 is 25.9 Å². The van der Waals surface area contributed by atoms with E-state index in [9.17, 15) is 16.8 Å². The highest BCUT2D eigenvalue weighted by molar-refractivity contribution is 7.86. The van der Waals surface area contributed by atoms with Crippen LogP contribution in [0.5, 0.6) is 0 Å². The predicted octanol–water partition coefficient (Wildman–Crippen LogP) is 2.00. The van der Waals surface area contributed by atoms with Crippen molar-refractivity contribution >= 4 is 36.7 Å². The minimum Gasteiger partial charge on any atom is -0.282 e. The van der Waals surface area contributed by atoms with Crippen LogP contribution >= 0.6 is 0 Å². The van der Waals surface area contributed by atoms with E-state index in [4.69, 9.17) is 14.6 Å². The molecule has 0 saturated heterocycles. The molecular formula is C10H8N2O6S2. The summed E-state index contributed by atoms with van der Waals surface area (Å²) in [7, 11) is -9.24. The maximum atomic E-state index is 11.3. The third-order valence-corrected chi connectivity index (χ3v) is 4.39. The largest absolute Gasteiger partial charge is 0.295 e. The van der Waals surface area contributed by atoms with Gasteiger partial charge in [-0.2, -0.15) is 21.9 Å². The van der Waals surface area contributed by atoms with Gasteiger partial charge in [0.05, 0.1) is 5.69 Å². The molecular weight excluding hydrogens is 308 g/mol. The molecule has 0 spiro atoms. The van der Waals surface area contributed by atoms with Crippen molar-refractivity contribution in [2.45, 2.75) is 9.79 Å². The molecule has 2 aromatic carbocycles. The molecule has 0 amide bonds. The molecule has 2 rings (SSSR count). The van der Waals surface area contributed by atoms with Crippen LogP contribution in [-0.2, 0) is 20.2 Å². The van der Waals surface area contributed by atoms with Crippen molar-refractivity contribution in [2.75, 3.05) is 0 Å². The smallest absolute Gasteiger partial charge is 0.282 e. The molecule has 0 aliphatic rings. The van der Waals surface area contributed by atoms with Crippen LogP contribution in [0.4, 0.5) is 5.69 Å². The highest BCUT2D eigenvalue weighted by atomic mass is 32.2. The van der Waals surface area contributed by atoms with Gasteiger partial charge in [0.1, 0.15) is 9.79 Å². The van der Waals surface area contributed by atoms with Gasteiger partial charge < -0.3 is 0 Å². The summed E-state index contributed by atoms with van der Waals surface area (Å²) in [6.45, 7) is 0. The standard InChI is InChI=1S/C10H8N2O6S2/c11-12-6-4-8-7(10(5-6)20(16,17)18)2-1-3-9(8)19(13,14)15/h1-5,11H,(H,13,14,15)(H,16,17,18). The second-order valence-corrected chi connectivity index (χ2v) is 6.64. The fourth-order valence-electron chi connectivity index (χ4n) is 1.81. The van der Waals surface area contributed by atoms with E-state index in [0.29, 0.717) is 0 Å². The lowest BCUT2D eigenvalue weighted by molar-refractivity contribution is 0.481. The summed E-state index contributed by atoms with van der Waals surface area (Å²) in [6, 6.07) is 5.61. The van der Waals surface area contributed by atoms with E-state index in [1.54, 1.807) is 0 Å². The van der Waals surface area contributed by atoms with Crippen LogP contribution in [0.1, 0.15) is 0 Å². The quantitative estimate of drug-likeness (QED) is 0.583. The van der Waals surface area contributed by atoms with E-state index in [2.05, 4.69) is 5.11 Å². The van der Waals surface area contributed by atoms with Crippen molar-refractivity contribution in [1.29, 1.82) is 5.53 Å². The molecule has 0 heterocycles. The Balaban J connectivity index is 3.09. The van der Waals surface area contributed by atoms with Gasteiger partial charge in [-0.1, -0.05) is 12.1 Å². The van der Waals surface area contributed by atoms with E-state index in [1.807, 2.05) is 0 Å². The van der Waals surface area contributed by atoms with Gasteiger partial charge in [0.15, 0.2) is 0 Å². The Bertz CT molecular complexity index is 918. The molecule has 3 N–H and O–H groups in total. The molecule has 0 saturated carbocycles. The average molecular weight is 316 g/mol. The molecule has 0 radical (unpaired) electrons. The molecule has 0 atom stereocenters. The van der Waals surface area contributed by atoms with Gasteiger partial charge >= 0.3 is 0 Å². The highest BCUT2D eigenvalue weighted by Gasteiger charge is 2.20. The van der Waals surface area contributed by atoms with E-state index in [1.165, 1.54) is 12.1 Å². The number of hydrogen-bond donors (Lipinski definition) is 3. The Morgan fingerprint density at radius 3 is 2.00 bits per heavy atom. The Kier molecular flexibility index (Phi) is 3.34. The third kappa shape index (κ3) is 2.54. The summed E-state index contributed by atoms with van der Waals surface area (Å²) in [6.07, 6.45) is 0. The molecule has 20 heavy (non-hydrogen) atoms. The van der Waals surface area contributed by atoms with E-state index in [-0.39, 0.29) is 16.5 Å². The SMILES string of the molecule is N=Nc1cc(S(=O)(=O)O)c2cccc(S(=O)(=O)O)c2c1. The first kappa shape index (κ1) is 14.5. The molecule has 0 aliphatic carbocycles. The van der Waals surface area contributed by atoms with Crippen molar-refractivity contribution in [2.24, 2.45) is 5.11 Å². The highest BCUT2D eigenvalue weighted by Crippen LogP contribution is 2.32. The molecule has 0 fully saturated rings. The molecule has 2 aromatic rings. The zero-order valence-electron chi connectivity index (χ0n) is 9.68. The Morgan fingerprint density at radius 2 is 1.50 bits per heavy atom. The van der Waals surface area contributed by atoms with Crippen LogP contribution in [0.25, 0.3) is 10.8 Å². The topological polar surface area (TPSA) is 145 Å². The van der Waals surface area contributed by atoms with E-state index in [0.717, 1.165) is 18.2 Å². The van der Waals surface area contributed by atoms with Crippen molar-refractivity contribution in [3.05, 3.63) is 30.3 Å². The molecule has 8 nitrogen and oxygen atoms in total. The normalized spacial score (nSPS) is 12.5. The van der Waals surface area contributed by atoms with Crippen molar-refractivity contribution in [3.63, 3.8) is 0 Å². The number of rotatable bonds is 3. The van der Waals surface area contributed by atoms with Gasteiger partial charge in [0.2, 0.25) is 0 Å². The van der Waals surface area contributed by atoms with Gasteiger partial charge in [-0.15, -0.1) is 0 Å². The maximum absolute atomic E-state index is 11.3. The first-order valence-electron chi connectivity index (χ1n) is 5.04. The van der Waals surface area contributed by atoms with Crippen LogP contribution in [0.3, 0.4) is 0 Å². The van der Waals surface area contributed by atoms with Gasteiger partial charge in [-0.05, 0) is 18.2 Å².